The van der Waals surface area contributed by atoms with E-state index in [1.165, 1.54) is 21.5 Å². The molecule has 2 rings (SSSR count). The third kappa shape index (κ3) is 2.18. The van der Waals surface area contributed by atoms with Crippen molar-refractivity contribution in [2.24, 2.45) is 0 Å². The molecule has 1 radical (unpaired) electrons. The van der Waals surface area contributed by atoms with Crippen molar-refractivity contribution in [3.63, 3.8) is 0 Å². The molecule has 0 fully saturated rings. The summed E-state index contributed by atoms with van der Waals surface area (Å²) in [6, 6.07) is 6.59. The highest BCUT2D eigenvalue weighted by atomic mass is 79.9. The summed E-state index contributed by atoms with van der Waals surface area (Å²) < 4.78 is 1.19. The first kappa shape index (κ1) is 10.2. The Labute approximate surface area is 94.2 Å². The highest BCUT2D eigenvalue weighted by Crippen LogP contribution is 2.26. The van der Waals surface area contributed by atoms with Gasteiger partial charge in [-0.25, -0.2) is 0 Å². The number of hydrogen-bond donors (Lipinski definition) is 0. The Bertz CT molecular complexity index is 333. The van der Waals surface area contributed by atoms with E-state index in [2.05, 4.69) is 52.9 Å². The van der Waals surface area contributed by atoms with E-state index in [-0.39, 0.29) is 0 Å². The molecule has 0 amide bonds. The summed E-state index contributed by atoms with van der Waals surface area (Å²) in [7, 11) is 0. The second kappa shape index (κ2) is 4.03. The molecule has 1 aromatic rings. The Morgan fingerprint density at radius 3 is 2.71 bits per heavy atom. The van der Waals surface area contributed by atoms with E-state index in [1.807, 2.05) is 0 Å². The van der Waals surface area contributed by atoms with Gasteiger partial charge < -0.3 is 0 Å². The van der Waals surface area contributed by atoms with Crippen LogP contribution in [0.3, 0.4) is 0 Å². The fourth-order valence-corrected chi connectivity index (χ4v) is 2.40. The normalized spacial score (nSPS) is 16.3. The van der Waals surface area contributed by atoms with Crippen LogP contribution in [0.2, 0.25) is 0 Å². The average molecular weight is 253 g/mol. The predicted molar refractivity (Wildman–Crippen MR) is 62.8 cm³/mol. The maximum atomic E-state index is 3.51. The summed E-state index contributed by atoms with van der Waals surface area (Å²) in [6.45, 7) is 7.71. The summed E-state index contributed by atoms with van der Waals surface area (Å²) in [6.07, 6.45) is 0. The van der Waals surface area contributed by atoms with Gasteiger partial charge in [0, 0.05) is 24.1 Å². The topological polar surface area (TPSA) is 3.24 Å². The molecule has 75 valence electrons. The fourth-order valence-electron chi connectivity index (χ4n) is 1.99. The van der Waals surface area contributed by atoms with Crippen molar-refractivity contribution in [1.82, 2.24) is 4.90 Å². The standard InChI is InChI=1S/C12H15BrN/c1-9(2)6-14-7-10-3-4-12(13)5-11(10)8-14/h3-5H,6-8H2,1-2H3. The molecule has 0 N–H and O–H groups in total. The fraction of sp³-hybridized carbons (Fsp3) is 0.417. The van der Waals surface area contributed by atoms with Crippen LogP contribution in [0.25, 0.3) is 0 Å². The number of hydrogen-bond acceptors (Lipinski definition) is 1. The first-order valence-corrected chi connectivity index (χ1v) is 5.73. The molecule has 0 aliphatic carbocycles. The van der Waals surface area contributed by atoms with Gasteiger partial charge in [0.15, 0.2) is 0 Å². The maximum Gasteiger partial charge on any atom is 0.0241 e. The highest BCUT2D eigenvalue weighted by molar-refractivity contribution is 9.10. The Balaban J connectivity index is 2.10. The van der Waals surface area contributed by atoms with Gasteiger partial charge in [-0.2, -0.15) is 0 Å². The lowest BCUT2D eigenvalue weighted by atomic mass is 10.1. The number of rotatable bonds is 2. The van der Waals surface area contributed by atoms with Crippen LogP contribution in [0.15, 0.2) is 22.7 Å². The van der Waals surface area contributed by atoms with Crippen LogP contribution < -0.4 is 0 Å². The molecular weight excluding hydrogens is 238 g/mol. The van der Waals surface area contributed by atoms with Gasteiger partial charge in [0.05, 0.1) is 0 Å². The van der Waals surface area contributed by atoms with E-state index >= 15 is 0 Å². The van der Waals surface area contributed by atoms with Crippen LogP contribution >= 0.6 is 15.9 Å². The first-order valence-electron chi connectivity index (χ1n) is 4.94. The van der Waals surface area contributed by atoms with Crippen molar-refractivity contribution in [2.45, 2.75) is 26.9 Å². The van der Waals surface area contributed by atoms with Crippen molar-refractivity contribution >= 4 is 15.9 Å². The average Bonchev–Trinajstić information content (AvgIpc) is 2.44. The molecule has 2 heteroatoms. The minimum absolute atomic E-state index is 1.10. The van der Waals surface area contributed by atoms with Crippen LogP contribution in [-0.2, 0) is 13.1 Å². The largest absolute Gasteiger partial charge is 0.294 e. The van der Waals surface area contributed by atoms with E-state index < -0.39 is 0 Å². The SMILES string of the molecule is C[C](C)CN1Cc2ccc(Br)cc2C1. The minimum Gasteiger partial charge on any atom is -0.294 e. The molecule has 14 heavy (non-hydrogen) atoms. The van der Waals surface area contributed by atoms with Gasteiger partial charge >= 0.3 is 0 Å². The quantitative estimate of drug-likeness (QED) is 0.781. The van der Waals surface area contributed by atoms with Crippen LogP contribution in [0.1, 0.15) is 25.0 Å². The molecule has 1 nitrogen and oxygen atoms in total. The molecule has 0 atom stereocenters. The number of fused-ring (bicyclic) bond motifs is 1. The Kier molecular flexibility index (Phi) is 2.93. The lowest BCUT2D eigenvalue weighted by Gasteiger charge is -2.16. The molecule has 0 spiro atoms. The zero-order valence-corrected chi connectivity index (χ0v) is 10.3. The molecule has 1 aliphatic heterocycles. The van der Waals surface area contributed by atoms with Gasteiger partial charge in [0.2, 0.25) is 0 Å². The van der Waals surface area contributed by atoms with Crippen molar-refractivity contribution < 1.29 is 0 Å². The Hall–Kier alpha value is -0.340. The number of halogens is 1. The van der Waals surface area contributed by atoms with Gasteiger partial charge in [-0.15, -0.1) is 0 Å². The smallest absolute Gasteiger partial charge is 0.0241 e. The molecule has 0 unspecified atom stereocenters. The molecule has 0 bridgehead atoms. The third-order valence-corrected chi connectivity index (χ3v) is 2.99. The summed E-state index contributed by atoms with van der Waals surface area (Å²) in [5.41, 5.74) is 2.95. The first-order chi connectivity index (χ1) is 6.65. The third-order valence-electron chi connectivity index (χ3n) is 2.50. The van der Waals surface area contributed by atoms with E-state index in [0.29, 0.717) is 0 Å². The lowest BCUT2D eigenvalue weighted by Crippen LogP contribution is -2.20. The van der Waals surface area contributed by atoms with Crippen LogP contribution in [-0.4, -0.2) is 11.4 Å². The van der Waals surface area contributed by atoms with Crippen LogP contribution in [0.4, 0.5) is 0 Å². The molecular formula is C12H15BrN. The second-order valence-corrected chi connectivity index (χ2v) is 5.18. The van der Waals surface area contributed by atoms with Gasteiger partial charge in [-0.1, -0.05) is 35.8 Å². The minimum atomic E-state index is 1.10. The zero-order valence-electron chi connectivity index (χ0n) is 8.68. The van der Waals surface area contributed by atoms with E-state index in [1.54, 1.807) is 0 Å². The molecule has 0 saturated heterocycles. The predicted octanol–water partition coefficient (Wildman–Crippen LogP) is 3.38. The van der Waals surface area contributed by atoms with Crippen LogP contribution in [0.5, 0.6) is 0 Å². The lowest BCUT2D eigenvalue weighted by molar-refractivity contribution is 0.296. The zero-order chi connectivity index (χ0) is 10.1. The molecule has 1 heterocycles. The van der Waals surface area contributed by atoms with Crippen LogP contribution in [0, 0.1) is 5.92 Å². The van der Waals surface area contributed by atoms with Gasteiger partial charge in [0.25, 0.3) is 0 Å². The Morgan fingerprint density at radius 1 is 1.29 bits per heavy atom. The van der Waals surface area contributed by atoms with E-state index in [4.69, 9.17) is 0 Å². The van der Waals surface area contributed by atoms with Gasteiger partial charge in [-0.3, -0.25) is 4.90 Å². The number of benzene rings is 1. The molecule has 1 aromatic carbocycles. The van der Waals surface area contributed by atoms with Crippen molar-refractivity contribution in [3.05, 3.63) is 39.7 Å². The molecule has 1 aliphatic rings. The number of nitrogens with zero attached hydrogens (tertiary/aromatic N) is 1. The van der Waals surface area contributed by atoms with Gasteiger partial charge in [-0.05, 0) is 29.2 Å². The van der Waals surface area contributed by atoms with Crippen molar-refractivity contribution in [3.8, 4) is 0 Å². The molecule has 0 saturated carbocycles. The van der Waals surface area contributed by atoms with E-state index in [0.717, 1.165) is 19.6 Å². The maximum absolute atomic E-state index is 3.51. The van der Waals surface area contributed by atoms with Crippen molar-refractivity contribution in [1.29, 1.82) is 0 Å². The summed E-state index contributed by atoms with van der Waals surface area (Å²) >= 11 is 3.51. The van der Waals surface area contributed by atoms with Crippen molar-refractivity contribution in [2.75, 3.05) is 6.54 Å². The monoisotopic (exact) mass is 252 g/mol. The van der Waals surface area contributed by atoms with Gasteiger partial charge in [0.1, 0.15) is 0 Å². The summed E-state index contributed by atoms with van der Waals surface area (Å²) in [4.78, 5) is 2.48. The molecule has 0 aromatic heterocycles. The Morgan fingerprint density at radius 2 is 2.00 bits per heavy atom. The highest BCUT2D eigenvalue weighted by Gasteiger charge is 2.19. The summed E-state index contributed by atoms with van der Waals surface area (Å²) in [5.74, 6) is 1.48. The second-order valence-electron chi connectivity index (χ2n) is 4.27. The summed E-state index contributed by atoms with van der Waals surface area (Å²) in [5, 5.41) is 0. The van der Waals surface area contributed by atoms with E-state index in [9.17, 15) is 0 Å².